The average Bonchev–Trinajstić information content (AvgIpc) is 2.54. The van der Waals surface area contributed by atoms with Gasteiger partial charge < -0.3 is 10.1 Å². The number of nitrogens with one attached hydrogen (secondary N) is 1. The summed E-state index contributed by atoms with van der Waals surface area (Å²) in [6, 6.07) is 3.95. The second kappa shape index (κ2) is 8.97. The molecule has 1 N–H and O–H groups in total. The summed E-state index contributed by atoms with van der Waals surface area (Å²) in [5, 5.41) is 12.4. The Kier molecular flexibility index (Phi) is 7.29. The molecule has 7 nitrogen and oxygen atoms in total. The van der Waals surface area contributed by atoms with E-state index in [0.29, 0.717) is 5.56 Å². The van der Waals surface area contributed by atoms with Crippen molar-refractivity contribution in [1.82, 2.24) is 5.32 Å². The standard InChI is InChI=1S/C16H17F3N2O5/c1-3-26-14(22)10(2)8-12(20-15(23)16(17,18)19)9-11-4-6-13(7-5-11)21(24)25/h4-8,12H,3,9H2,1-2H3,(H,20,23)/b10-8+/t12-/m1/s1. The number of halogens is 3. The van der Waals surface area contributed by atoms with E-state index in [1.165, 1.54) is 31.2 Å². The monoisotopic (exact) mass is 374 g/mol. The minimum atomic E-state index is -5.08. The van der Waals surface area contributed by atoms with E-state index in [4.69, 9.17) is 4.74 Å². The number of rotatable bonds is 7. The quantitative estimate of drug-likeness (QED) is 0.342. The zero-order valence-corrected chi connectivity index (χ0v) is 14.0. The largest absolute Gasteiger partial charge is 0.471 e. The molecule has 1 aromatic rings. The number of carbonyl (C=O) groups excluding carboxylic acids is 2. The molecule has 1 rings (SSSR count). The van der Waals surface area contributed by atoms with Crippen molar-refractivity contribution in [2.24, 2.45) is 0 Å². The summed E-state index contributed by atoms with van der Waals surface area (Å²) < 4.78 is 42.3. The van der Waals surface area contributed by atoms with Gasteiger partial charge in [0.1, 0.15) is 0 Å². The van der Waals surface area contributed by atoms with Gasteiger partial charge >= 0.3 is 18.1 Å². The lowest BCUT2D eigenvalue weighted by Crippen LogP contribution is -2.43. The van der Waals surface area contributed by atoms with Gasteiger partial charge in [-0.2, -0.15) is 13.2 Å². The molecule has 0 aromatic heterocycles. The highest BCUT2D eigenvalue weighted by Crippen LogP contribution is 2.17. The van der Waals surface area contributed by atoms with Crippen molar-refractivity contribution < 1.29 is 32.4 Å². The zero-order valence-electron chi connectivity index (χ0n) is 14.0. The van der Waals surface area contributed by atoms with E-state index in [-0.39, 0.29) is 24.3 Å². The molecule has 0 spiro atoms. The molecule has 1 aromatic carbocycles. The van der Waals surface area contributed by atoms with Crippen molar-refractivity contribution in [2.45, 2.75) is 32.5 Å². The third-order valence-electron chi connectivity index (χ3n) is 3.23. The minimum Gasteiger partial charge on any atom is -0.463 e. The van der Waals surface area contributed by atoms with Gasteiger partial charge in [-0.25, -0.2) is 4.79 Å². The van der Waals surface area contributed by atoms with E-state index in [2.05, 4.69) is 0 Å². The van der Waals surface area contributed by atoms with E-state index in [1.54, 1.807) is 12.2 Å². The van der Waals surface area contributed by atoms with Crippen LogP contribution in [0.4, 0.5) is 18.9 Å². The summed E-state index contributed by atoms with van der Waals surface area (Å²) in [4.78, 5) is 32.9. The average molecular weight is 374 g/mol. The van der Waals surface area contributed by atoms with Crippen molar-refractivity contribution >= 4 is 17.6 Å². The van der Waals surface area contributed by atoms with Gasteiger partial charge in [-0.15, -0.1) is 0 Å². The Bertz CT molecular complexity index is 699. The number of nitro groups is 1. The van der Waals surface area contributed by atoms with Crippen LogP contribution in [-0.4, -0.2) is 35.6 Å². The van der Waals surface area contributed by atoms with E-state index < -0.39 is 29.0 Å². The second-order valence-corrected chi connectivity index (χ2v) is 5.28. The molecule has 0 saturated carbocycles. The molecule has 0 radical (unpaired) electrons. The Morgan fingerprint density at radius 2 is 1.88 bits per heavy atom. The third kappa shape index (κ3) is 6.54. The van der Waals surface area contributed by atoms with Crippen LogP contribution in [0.3, 0.4) is 0 Å². The number of esters is 1. The van der Waals surface area contributed by atoms with Crippen LogP contribution in [0.5, 0.6) is 0 Å². The van der Waals surface area contributed by atoms with Crippen molar-refractivity contribution in [3.8, 4) is 0 Å². The first-order valence-corrected chi connectivity index (χ1v) is 7.51. The molecule has 0 fully saturated rings. The lowest BCUT2D eigenvalue weighted by atomic mass is 10.0. The third-order valence-corrected chi connectivity index (χ3v) is 3.23. The van der Waals surface area contributed by atoms with Gasteiger partial charge in [0.2, 0.25) is 0 Å². The summed E-state index contributed by atoms with van der Waals surface area (Å²) in [6.45, 7) is 3.01. The van der Waals surface area contributed by atoms with Crippen molar-refractivity contribution in [3.05, 3.63) is 51.6 Å². The topological polar surface area (TPSA) is 98.5 Å². The van der Waals surface area contributed by atoms with Gasteiger partial charge in [0.25, 0.3) is 5.69 Å². The molecule has 26 heavy (non-hydrogen) atoms. The predicted molar refractivity (Wildman–Crippen MR) is 85.2 cm³/mol. The first-order chi connectivity index (χ1) is 12.0. The Balaban J connectivity index is 3.03. The van der Waals surface area contributed by atoms with Crippen LogP contribution in [0.2, 0.25) is 0 Å². The van der Waals surface area contributed by atoms with E-state index in [0.717, 1.165) is 6.08 Å². The van der Waals surface area contributed by atoms with E-state index in [1.807, 2.05) is 0 Å². The van der Waals surface area contributed by atoms with E-state index >= 15 is 0 Å². The van der Waals surface area contributed by atoms with Gasteiger partial charge in [-0.05, 0) is 25.8 Å². The Morgan fingerprint density at radius 1 is 1.31 bits per heavy atom. The maximum Gasteiger partial charge on any atom is 0.471 e. The molecule has 0 bridgehead atoms. The first-order valence-electron chi connectivity index (χ1n) is 7.51. The van der Waals surface area contributed by atoms with Crippen LogP contribution in [0.1, 0.15) is 19.4 Å². The van der Waals surface area contributed by atoms with Gasteiger partial charge in [-0.3, -0.25) is 14.9 Å². The Hall–Kier alpha value is -2.91. The molecule has 0 heterocycles. The van der Waals surface area contributed by atoms with Crippen LogP contribution in [-0.2, 0) is 20.7 Å². The van der Waals surface area contributed by atoms with Gasteiger partial charge in [-0.1, -0.05) is 18.2 Å². The molecule has 0 aliphatic rings. The molecular weight excluding hydrogens is 357 g/mol. The fourth-order valence-corrected chi connectivity index (χ4v) is 2.02. The zero-order chi connectivity index (χ0) is 19.9. The molecule has 0 aliphatic heterocycles. The number of hydrogen-bond donors (Lipinski definition) is 1. The number of carbonyl (C=O) groups is 2. The van der Waals surface area contributed by atoms with E-state index in [9.17, 15) is 32.9 Å². The molecule has 10 heteroatoms. The second-order valence-electron chi connectivity index (χ2n) is 5.28. The molecular formula is C16H17F3N2O5. The molecule has 0 saturated heterocycles. The number of hydrogen-bond acceptors (Lipinski definition) is 5. The highest BCUT2D eigenvalue weighted by atomic mass is 19.4. The first kappa shape index (κ1) is 21.1. The Labute approximate surface area is 147 Å². The predicted octanol–water partition coefficient (Wildman–Crippen LogP) is 2.69. The van der Waals surface area contributed by atoms with Gasteiger partial charge in [0, 0.05) is 17.7 Å². The summed E-state index contributed by atoms with van der Waals surface area (Å²) >= 11 is 0. The van der Waals surface area contributed by atoms with Crippen molar-refractivity contribution in [2.75, 3.05) is 6.61 Å². The van der Waals surface area contributed by atoms with Crippen molar-refractivity contribution in [3.63, 3.8) is 0 Å². The normalized spacial score (nSPS) is 13.0. The van der Waals surface area contributed by atoms with Crippen LogP contribution in [0.25, 0.3) is 0 Å². The molecule has 1 atom stereocenters. The SMILES string of the molecule is CCOC(=O)/C(C)=C/[C@H](Cc1ccc([N+](=O)[O-])cc1)NC(=O)C(F)(F)F. The molecule has 142 valence electrons. The van der Waals surface area contributed by atoms with Crippen LogP contribution in [0.15, 0.2) is 35.9 Å². The lowest BCUT2D eigenvalue weighted by Gasteiger charge is -2.17. The highest BCUT2D eigenvalue weighted by molar-refractivity contribution is 5.88. The lowest BCUT2D eigenvalue weighted by molar-refractivity contribution is -0.384. The Morgan fingerprint density at radius 3 is 2.35 bits per heavy atom. The minimum absolute atomic E-state index is 0.0289. The van der Waals surface area contributed by atoms with Crippen molar-refractivity contribution in [1.29, 1.82) is 0 Å². The summed E-state index contributed by atoms with van der Waals surface area (Å²) in [5.74, 6) is -2.88. The number of nitro benzene ring substituents is 1. The number of non-ortho nitro benzene ring substituents is 1. The molecule has 1 amide bonds. The summed E-state index contributed by atoms with van der Waals surface area (Å²) in [7, 11) is 0. The summed E-state index contributed by atoms with van der Waals surface area (Å²) in [6.07, 6.45) is -4.03. The number of amides is 1. The van der Waals surface area contributed by atoms with Crippen LogP contribution >= 0.6 is 0 Å². The molecule has 0 unspecified atom stereocenters. The highest BCUT2D eigenvalue weighted by Gasteiger charge is 2.39. The maximum absolute atomic E-state index is 12.5. The smallest absolute Gasteiger partial charge is 0.463 e. The summed E-state index contributed by atoms with van der Waals surface area (Å²) in [5.41, 5.74) is 0.292. The van der Waals surface area contributed by atoms with Gasteiger partial charge in [0.05, 0.1) is 17.6 Å². The maximum atomic E-state index is 12.5. The fraction of sp³-hybridized carbons (Fsp3) is 0.375. The van der Waals surface area contributed by atoms with Crippen LogP contribution < -0.4 is 5.32 Å². The number of benzene rings is 1. The number of nitrogens with zero attached hydrogens (tertiary/aromatic N) is 1. The molecule has 0 aliphatic carbocycles. The fourth-order valence-electron chi connectivity index (χ4n) is 2.02. The van der Waals surface area contributed by atoms with Crippen LogP contribution in [0, 0.1) is 10.1 Å². The number of ether oxygens (including phenoxy) is 1. The van der Waals surface area contributed by atoms with Gasteiger partial charge in [0.15, 0.2) is 0 Å². The number of alkyl halides is 3.